The summed E-state index contributed by atoms with van der Waals surface area (Å²) in [5.41, 5.74) is 0. The Morgan fingerprint density at radius 2 is 2.33 bits per heavy atom. The van der Waals surface area contributed by atoms with Gasteiger partial charge in [-0.1, -0.05) is 13.3 Å². The molecule has 1 atom stereocenters. The molecule has 0 bridgehead atoms. The van der Waals surface area contributed by atoms with Gasteiger partial charge in [-0.3, -0.25) is 4.79 Å². The SMILES string of the molecule is CCCC(CC(=O)O)O[N+](=O)[O-]. The highest BCUT2D eigenvalue weighted by molar-refractivity contribution is 5.67. The highest BCUT2D eigenvalue weighted by Crippen LogP contribution is 2.06. The first kappa shape index (κ1) is 10.7. The normalized spacial score (nSPS) is 12.1. The first-order valence-corrected chi connectivity index (χ1v) is 3.59. The van der Waals surface area contributed by atoms with E-state index < -0.39 is 17.2 Å². The molecule has 1 N–H and O–H groups in total. The fourth-order valence-corrected chi connectivity index (χ4v) is 0.830. The van der Waals surface area contributed by atoms with E-state index in [2.05, 4.69) is 4.84 Å². The zero-order valence-corrected chi connectivity index (χ0v) is 6.73. The van der Waals surface area contributed by atoms with E-state index >= 15 is 0 Å². The molecule has 0 aromatic carbocycles. The summed E-state index contributed by atoms with van der Waals surface area (Å²) >= 11 is 0. The maximum atomic E-state index is 10.2. The van der Waals surface area contributed by atoms with Crippen molar-refractivity contribution in [2.45, 2.75) is 32.3 Å². The molecule has 0 spiro atoms. The van der Waals surface area contributed by atoms with Crippen molar-refractivity contribution in [1.82, 2.24) is 0 Å². The van der Waals surface area contributed by atoms with Crippen LogP contribution in [-0.4, -0.2) is 22.3 Å². The molecule has 1 unspecified atom stereocenters. The predicted molar refractivity (Wildman–Crippen MR) is 39.0 cm³/mol. The monoisotopic (exact) mass is 177 g/mol. The summed E-state index contributed by atoms with van der Waals surface area (Å²) < 4.78 is 0. The molecule has 0 saturated heterocycles. The van der Waals surface area contributed by atoms with Gasteiger partial charge in [-0.05, 0) is 6.42 Å². The standard InChI is InChI=1S/C6H11NO5/c1-2-3-5(4-6(8)9)12-7(10)11/h5H,2-4H2,1H3,(H,8,9). The van der Waals surface area contributed by atoms with Crippen molar-refractivity contribution in [2.24, 2.45) is 0 Å². The highest BCUT2D eigenvalue weighted by atomic mass is 17.0. The third-order valence-electron chi connectivity index (χ3n) is 1.25. The number of carboxylic acids is 1. The maximum absolute atomic E-state index is 10.2. The fraction of sp³-hybridized carbons (Fsp3) is 0.833. The van der Waals surface area contributed by atoms with Crippen LogP contribution in [0.1, 0.15) is 26.2 Å². The Balaban J connectivity index is 3.85. The van der Waals surface area contributed by atoms with Gasteiger partial charge in [-0.15, -0.1) is 10.1 Å². The second kappa shape index (κ2) is 5.34. The number of carboxylic acid groups (broad SMARTS) is 1. The van der Waals surface area contributed by atoms with Crippen LogP contribution in [0.25, 0.3) is 0 Å². The van der Waals surface area contributed by atoms with E-state index in [4.69, 9.17) is 5.11 Å². The van der Waals surface area contributed by atoms with Crippen molar-refractivity contribution in [2.75, 3.05) is 0 Å². The van der Waals surface area contributed by atoms with Crippen LogP contribution in [0.4, 0.5) is 0 Å². The molecule has 0 aliphatic rings. The molecular weight excluding hydrogens is 166 g/mol. The number of carbonyl (C=O) groups is 1. The van der Waals surface area contributed by atoms with Crippen molar-refractivity contribution in [1.29, 1.82) is 0 Å². The molecule has 6 nitrogen and oxygen atoms in total. The summed E-state index contributed by atoms with van der Waals surface area (Å²) in [7, 11) is 0. The molecule has 0 heterocycles. The number of nitrogens with zero attached hydrogens (tertiary/aromatic N) is 1. The summed E-state index contributed by atoms with van der Waals surface area (Å²) in [5.74, 6) is -1.09. The van der Waals surface area contributed by atoms with Gasteiger partial charge in [0.15, 0.2) is 0 Å². The molecule has 0 aromatic heterocycles. The lowest BCUT2D eigenvalue weighted by Gasteiger charge is -2.10. The maximum Gasteiger partial charge on any atom is 0.305 e. The van der Waals surface area contributed by atoms with Gasteiger partial charge >= 0.3 is 5.97 Å². The minimum absolute atomic E-state index is 0.325. The van der Waals surface area contributed by atoms with E-state index in [1.807, 2.05) is 0 Å². The number of hydrogen-bond acceptors (Lipinski definition) is 4. The zero-order valence-electron chi connectivity index (χ0n) is 6.73. The Bertz CT molecular complexity index is 153. The van der Waals surface area contributed by atoms with Crippen molar-refractivity contribution < 1.29 is 19.8 Å². The second-order valence-corrected chi connectivity index (χ2v) is 2.34. The number of rotatable bonds is 6. The van der Waals surface area contributed by atoms with E-state index in [1.54, 1.807) is 6.92 Å². The lowest BCUT2D eigenvalue weighted by atomic mass is 10.1. The van der Waals surface area contributed by atoms with Crippen LogP contribution in [0.3, 0.4) is 0 Å². The van der Waals surface area contributed by atoms with Gasteiger partial charge < -0.3 is 9.94 Å². The molecule has 0 aromatic rings. The van der Waals surface area contributed by atoms with Crippen molar-refractivity contribution in [3.63, 3.8) is 0 Å². The van der Waals surface area contributed by atoms with Gasteiger partial charge in [0.25, 0.3) is 5.09 Å². The number of aliphatic carboxylic acids is 1. The van der Waals surface area contributed by atoms with Gasteiger partial charge in [0.2, 0.25) is 0 Å². The third-order valence-corrected chi connectivity index (χ3v) is 1.25. The van der Waals surface area contributed by atoms with E-state index in [0.29, 0.717) is 12.8 Å². The molecule has 0 rings (SSSR count). The summed E-state index contributed by atoms with van der Waals surface area (Å²) in [6, 6.07) is 0. The van der Waals surface area contributed by atoms with Crippen LogP contribution >= 0.6 is 0 Å². The fourth-order valence-electron chi connectivity index (χ4n) is 0.830. The van der Waals surface area contributed by atoms with Crippen LogP contribution in [-0.2, 0) is 9.63 Å². The second-order valence-electron chi connectivity index (χ2n) is 2.34. The minimum Gasteiger partial charge on any atom is -0.481 e. The first-order chi connectivity index (χ1) is 5.56. The first-order valence-electron chi connectivity index (χ1n) is 3.59. The van der Waals surface area contributed by atoms with Gasteiger partial charge in [0.1, 0.15) is 6.10 Å². The van der Waals surface area contributed by atoms with Gasteiger partial charge in [0.05, 0.1) is 6.42 Å². The van der Waals surface area contributed by atoms with Crippen LogP contribution in [0, 0.1) is 10.1 Å². The van der Waals surface area contributed by atoms with E-state index in [-0.39, 0.29) is 6.42 Å². The lowest BCUT2D eigenvalue weighted by Crippen LogP contribution is -2.20. The number of hydrogen-bond donors (Lipinski definition) is 1. The predicted octanol–water partition coefficient (Wildman–Crippen LogP) is 0.838. The Morgan fingerprint density at radius 3 is 2.67 bits per heavy atom. The molecule has 0 aliphatic carbocycles. The smallest absolute Gasteiger partial charge is 0.305 e. The lowest BCUT2D eigenvalue weighted by molar-refractivity contribution is -0.768. The summed E-state index contributed by atoms with van der Waals surface area (Å²) in [4.78, 5) is 24.2. The molecule has 6 heteroatoms. The molecular formula is C6H11NO5. The van der Waals surface area contributed by atoms with Gasteiger partial charge in [-0.2, -0.15) is 0 Å². The topological polar surface area (TPSA) is 89.7 Å². The molecule has 12 heavy (non-hydrogen) atoms. The minimum atomic E-state index is -1.09. The van der Waals surface area contributed by atoms with Crippen LogP contribution in [0.5, 0.6) is 0 Å². The van der Waals surface area contributed by atoms with Crippen LogP contribution < -0.4 is 0 Å². The van der Waals surface area contributed by atoms with Crippen molar-refractivity contribution in [3.8, 4) is 0 Å². The van der Waals surface area contributed by atoms with Crippen LogP contribution in [0.2, 0.25) is 0 Å². The van der Waals surface area contributed by atoms with Crippen LogP contribution in [0.15, 0.2) is 0 Å². The molecule has 0 amide bonds. The Kier molecular flexibility index (Phi) is 4.75. The Morgan fingerprint density at radius 1 is 1.75 bits per heavy atom. The van der Waals surface area contributed by atoms with Gasteiger partial charge in [-0.25, -0.2) is 0 Å². The molecule has 0 saturated carbocycles. The Hall–Kier alpha value is -1.33. The molecule has 70 valence electrons. The largest absolute Gasteiger partial charge is 0.481 e. The molecule has 0 radical (unpaired) electrons. The van der Waals surface area contributed by atoms with Crippen molar-refractivity contribution in [3.05, 3.63) is 10.1 Å². The van der Waals surface area contributed by atoms with E-state index in [0.717, 1.165) is 0 Å². The average Bonchev–Trinajstić information content (AvgIpc) is 1.84. The average molecular weight is 177 g/mol. The summed E-state index contributed by atoms with van der Waals surface area (Å²) in [5, 5.41) is 17.2. The van der Waals surface area contributed by atoms with Gasteiger partial charge in [0, 0.05) is 0 Å². The van der Waals surface area contributed by atoms with Crippen molar-refractivity contribution >= 4 is 5.97 Å². The van der Waals surface area contributed by atoms with E-state index in [1.165, 1.54) is 0 Å². The highest BCUT2D eigenvalue weighted by Gasteiger charge is 2.15. The quantitative estimate of drug-likeness (QED) is 0.479. The molecule has 0 fully saturated rings. The van der Waals surface area contributed by atoms with E-state index in [9.17, 15) is 14.9 Å². The zero-order chi connectivity index (χ0) is 9.56. The summed E-state index contributed by atoms with van der Waals surface area (Å²) in [6.07, 6.45) is -0.101. The molecule has 0 aliphatic heterocycles. The summed E-state index contributed by atoms with van der Waals surface area (Å²) in [6.45, 7) is 1.80. The Labute approximate surface area is 69.2 Å². The third kappa shape index (κ3) is 5.45.